The minimum absolute atomic E-state index is 0.124. The van der Waals surface area contributed by atoms with Gasteiger partial charge in [-0.05, 0) is 32.1 Å². The van der Waals surface area contributed by atoms with Gasteiger partial charge in [0, 0.05) is 6.04 Å². The van der Waals surface area contributed by atoms with E-state index in [0.29, 0.717) is 12.0 Å². The Bertz CT molecular complexity index is 232. The second kappa shape index (κ2) is 4.27. The normalized spacial score (nSPS) is 29.3. The zero-order chi connectivity index (χ0) is 9.84. The summed E-state index contributed by atoms with van der Waals surface area (Å²) in [5.74, 6) is 0.0696. The fourth-order valence-electron chi connectivity index (χ4n) is 1.72. The number of nitriles is 1. The van der Waals surface area contributed by atoms with Crippen molar-refractivity contribution in [3.63, 3.8) is 0 Å². The van der Waals surface area contributed by atoms with Crippen LogP contribution in [0.3, 0.4) is 0 Å². The Kier molecular flexibility index (Phi) is 3.30. The Labute approximate surface area is 79.1 Å². The Morgan fingerprint density at radius 3 is 2.77 bits per heavy atom. The van der Waals surface area contributed by atoms with Crippen LogP contribution in [0.25, 0.3) is 0 Å². The number of nitrogens with zero attached hydrogens (tertiary/aromatic N) is 1. The van der Waals surface area contributed by atoms with E-state index < -0.39 is 5.92 Å². The quantitative estimate of drug-likeness (QED) is 0.699. The summed E-state index contributed by atoms with van der Waals surface area (Å²) in [6, 6.07) is 2.24. The Hall–Kier alpha value is -1.04. The maximum absolute atomic E-state index is 11.3. The standard InChI is InChI=1S/C10H16N2O/c1-7-3-4-9(5-7)12-10(13)8(2)6-11/h7-9H,3-5H2,1-2H3,(H,12,13). The van der Waals surface area contributed by atoms with Crippen molar-refractivity contribution < 1.29 is 4.79 Å². The van der Waals surface area contributed by atoms with Crippen LogP contribution in [0, 0.1) is 23.2 Å². The Morgan fingerprint density at radius 2 is 2.31 bits per heavy atom. The van der Waals surface area contributed by atoms with E-state index in [1.54, 1.807) is 6.92 Å². The van der Waals surface area contributed by atoms with Crippen LogP contribution in [-0.4, -0.2) is 11.9 Å². The first kappa shape index (κ1) is 10.0. The molecule has 0 spiro atoms. The zero-order valence-electron chi connectivity index (χ0n) is 8.21. The zero-order valence-corrected chi connectivity index (χ0v) is 8.21. The van der Waals surface area contributed by atoms with Crippen molar-refractivity contribution in [1.29, 1.82) is 5.26 Å². The second-order valence-electron chi connectivity index (χ2n) is 3.97. The molecule has 1 fully saturated rings. The molecule has 0 aromatic rings. The van der Waals surface area contributed by atoms with E-state index in [9.17, 15) is 4.79 Å². The first-order valence-electron chi connectivity index (χ1n) is 4.83. The topological polar surface area (TPSA) is 52.9 Å². The molecule has 1 aliphatic rings. The minimum Gasteiger partial charge on any atom is -0.352 e. The van der Waals surface area contributed by atoms with Crippen molar-refractivity contribution in [1.82, 2.24) is 5.32 Å². The summed E-state index contributed by atoms with van der Waals surface area (Å²) in [6.45, 7) is 3.83. The first-order chi connectivity index (χ1) is 6.13. The lowest BCUT2D eigenvalue weighted by atomic mass is 10.1. The summed E-state index contributed by atoms with van der Waals surface area (Å²) in [4.78, 5) is 11.3. The molecule has 3 unspecified atom stereocenters. The van der Waals surface area contributed by atoms with Gasteiger partial charge in [0.1, 0.15) is 5.92 Å². The monoisotopic (exact) mass is 180 g/mol. The lowest BCUT2D eigenvalue weighted by Gasteiger charge is -2.12. The molecule has 0 bridgehead atoms. The van der Waals surface area contributed by atoms with Gasteiger partial charge in [0.25, 0.3) is 0 Å². The summed E-state index contributed by atoms with van der Waals surface area (Å²) >= 11 is 0. The molecule has 3 atom stereocenters. The molecule has 3 heteroatoms. The molecule has 0 radical (unpaired) electrons. The predicted octanol–water partition coefficient (Wildman–Crippen LogP) is 1.45. The van der Waals surface area contributed by atoms with Crippen molar-refractivity contribution in [3.05, 3.63) is 0 Å². The second-order valence-corrected chi connectivity index (χ2v) is 3.97. The van der Waals surface area contributed by atoms with Gasteiger partial charge in [0.05, 0.1) is 6.07 Å². The fourth-order valence-corrected chi connectivity index (χ4v) is 1.72. The van der Waals surface area contributed by atoms with Gasteiger partial charge in [-0.2, -0.15) is 5.26 Å². The molecule has 0 aromatic heterocycles. The average Bonchev–Trinajstić information content (AvgIpc) is 2.49. The maximum Gasteiger partial charge on any atom is 0.237 e. The summed E-state index contributed by atoms with van der Waals surface area (Å²) in [5, 5.41) is 11.4. The molecule has 1 rings (SSSR count). The van der Waals surface area contributed by atoms with Gasteiger partial charge in [-0.3, -0.25) is 4.79 Å². The number of hydrogen-bond acceptors (Lipinski definition) is 2. The Morgan fingerprint density at radius 1 is 1.62 bits per heavy atom. The van der Waals surface area contributed by atoms with Gasteiger partial charge in [-0.1, -0.05) is 6.92 Å². The smallest absolute Gasteiger partial charge is 0.237 e. The van der Waals surface area contributed by atoms with E-state index >= 15 is 0 Å². The largest absolute Gasteiger partial charge is 0.352 e. The van der Waals surface area contributed by atoms with Crippen LogP contribution in [0.1, 0.15) is 33.1 Å². The number of rotatable bonds is 2. The number of hydrogen-bond donors (Lipinski definition) is 1. The summed E-state index contributed by atoms with van der Waals surface area (Å²) in [7, 11) is 0. The van der Waals surface area contributed by atoms with Gasteiger partial charge >= 0.3 is 0 Å². The minimum atomic E-state index is -0.518. The highest BCUT2D eigenvalue weighted by atomic mass is 16.1. The van der Waals surface area contributed by atoms with Gasteiger partial charge in [0.2, 0.25) is 5.91 Å². The Balaban J connectivity index is 2.33. The fraction of sp³-hybridized carbons (Fsp3) is 0.800. The van der Waals surface area contributed by atoms with Crippen LogP contribution in [0.4, 0.5) is 0 Å². The van der Waals surface area contributed by atoms with E-state index in [1.807, 2.05) is 6.07 Å². The molecule has 0 saturated heterocycles. The number of nitrogens with one attached hydrogen (secondary N) is 1. The third-order valence-corrected chi connectivity index (χ3v) is 2.63. The summed E-state index contributed by atoms with van der Waals surface area (Å²) < 4.78 is 0. The van der Waals surface area contributed by atoms with Gasteiger partial charge in [-0.25, -0.2) is 0 Å². The van der Waals surface area contributed by atoms with E-state index in [-0.39, 0.29) is 5.91 Å². The van der Waals surface area contributed by atoms with Crippen LogP contribution in [0.5, 0.6) is 0 Å². The molecule has 13 heavy (non-hydrogen) atoms. The van der Waals surface area contributed by atoms with Gasteiger partial charge in [-0.15, -0.1) is 0 Å². The highest BCUT2D eigenvalue weighted by Crippen LogP contribution is 2.24. The number of amides is 1. The molecule has 1 aliphatic carbocycles. The van der Waals surface area contributed by atoms with Crippen molar-refractivity contribution in [3.8, 4) is 6.07 Å². The molecule has 72 valence electrons. The molecule has 0 aliphatic heterocycles. The van der Waals surface area contributed by atoms with E-state index in [1.165, 1.54) is 6.42 Å². The van der Waals surface area contributed by atoms with Crippen LogP contribution < -0.4 is 5.32 Å². The summed E-state index contributed by atoms with van der Waals surface area (Å²) in [5.41, 5.74) is 0. The molecule has 1 amide bonds. The van der Waals surface area contributed by atoms with E-state index in [0.717, 1.165) is 12.8 Å². The van der Waals surface area contributed by atoms with E-state index in [2.05, 4.69) is 12.2 Å². The van der Waals surface area contributed by atoms with Crippen molar-refractivity contribution >= 4 is 5.91 Å². The van der Waals surface area contributed by atoms with Crippen LogP contribution in [0.15, 0.2) is 0 Å². The van der Waals surface area contributed by atoms with Crippen LogP contribution in [0.2, 0.25) is 0 Å². The average molecular weight is 180 g/mol. The molecule has 0 aromatic carbocycles. The van der Waals surface area contributed by atoms with Crippen LogP contribution >= 0.6 is 0 Å². The van der Waals surface area contributed by atoms with Crippen molar-refractivity contribution in [2.75, 3.05) is 0 Å². The van der Waals surface area contributed by atoms with Crippen molar-refractivity contribution in [2.24, 2.45) is 11.8 Å². The third kappa shape index (κ3) is 2.73. The van der Waals surface area contributed by atoms with Crippen LogP contribution in [-0.2, 0) is 4.79 Å². The molecule has 3 nitrogen and oxygen atoms in total. The number of carbonyl (C=O) groups is 1. The summed E-state index contributed by atoms with van der Waals surface area (Å²) in [6.07, 6.45) is 3.31. The predicted molar refractivity (Wildman–Crippen MR) is 49.7 cm³/mol. The third-order valence-electron chi connectivity index (χ3n) is 2.63. The molecule has 1 N–H and O–H groups in total. The molecule has 0 heterocycles. The highest BCUT2D eigenvalue weighted by molar-refractivity contribution is 5.80. The molecular formula is C10H16N2O. The maximum atomic E-state index is 11.3. The molecule has 1 saturated carbocycles. The van der Waals surface area contributed by atoms with Gasteiger partial charge < -0.3 is 5.32 Å². The molecular weight excluding hydrogens is 164 g/mol. The lowest BCUT2D eigenvalue weighted by molar-refractivity contribution is -0.123. The highest BCUT2D eigenvalue weighted by Gasteiger charge is 2.24. The van der Waals surface area contributed by atoms with Gasteiger partial charge in [0.15, 0.2) is 0 Å². The first-order valence-corrected chi connectivity index (χ1v) is 4.83. The van der Waals surface area contributed by atoms with E-state index in [4.69, 9.17) is 5.26 Å². The lowest BCUT2D eigenvalue weighted by Crippen LogP contribution is -2.36. The number of carbonyl (C=O) groups excluding carboxylic acids is 1. The SMILES string of the molecule is CC1CCC(NC(=O)C(C)C#N)C1. The van der Waals surface area contributed by atoms with Crippen molar-refractivity contribution in [2.45, 2.75) is 39.2 Å².